The van der Waals surface area contributed by atoms with Gasteiger partial charge in [0.2, 0.25) is 0 Å². The van der Waals surface area contributed by atoms with E-state index in [4.69, 9.17) is 4.74 Å². The smallest absolute Gasteiger partial charge is 0.129 e. The van der Waals surface area contributed by atoms with Gasteiger partial charge in [-0.1, -0.05) is 34.1 Å². The van der Waals surface area contributed by atoms with Crippen molar-refractivity contribution in [3.05, 3.63) is 63.9 Å². The Morgan fingerprint density at radius 1 is 1.12 bits per heavy atom. The van der Waals surface area contributed by atoms with Gasteiger partial charge in [0.1, 0.15) is 18.2 Å². The van der Waals surface area contributed by atoms with E-state index in [0.717, 1.165) is 10.0 Å². The lowest BCUT2D eigenvalue weighted by Crippen LogP contribution is -1.96. The lowest BCUT2D eigenvalue weighted by atomic mass is 10.2. The zero-order valence-electron chi connectivity index (χ0n) is 9.41. The fraction of sp³-hybridized carbons (Fsp3) is 0.143. The van der Waals surface area contributed by atoms with Gasteiger partial charge in [0.15, 0.2) is 0 Å². The minimum absolute atomic E-state index is 0.238. The number of halogens is 2. The van der Waals surface area contributed by atoms with Crippen molar-refractivity contribution in [2.75, 3.05) is 0 Å². The first-order chi connectivity index (χ1) is 8.15. The molecule has 0 aliphatic carbocycles. The average molecular weight is 295 g/mol. The zero-order valence-corrected chi connectivity index (χ0v) is 11.0. The van der Waals surface area contributed by atoms with Crippen molar-refractivity contribution in [2.24, 2.45) is 0 Å². The number of hydrogen-bond donors (Lipinski definition) is 0. The molecule has 2 aromatic rings. The quantitative estimate of drug-likeness (QED) is 0.811. The van der Waals surface area contributed by atoms with Crippen LogP contribution in [0.15, 0.2) is 46.9 Å². The highest BCUT2D eigenvalue weighted by molar-refractivity contribution is 9.10. The van der Waals surface area contributed by atoms with Crippen molar-refractivity contribution in [2.45, 2.75) is 13.5 Å². The highest BCUT2D eigenvalue weighted by Gasteiger charge is 2.00. The second-order valence-corrected chi connectivity index (χ2v) is 4.74. The summed E-state index contributed by atoms with van der Waals surface area (Å²) in [5.74, 6) is 0.314. The minimum atomic E-state index is -0.238. The topological polar surface area (TPSA) is 9.23 Å². The third kappa shape index (κ3) is 3.30. The Kier molecular flexibility index (Phi) is 3.79. The Balaban J connectivity index is 2.02. The van der Waals surface area contributed by atoms with E-state index in [1.807, 2.05) is 24.3 Å². The molecule has 0 amide bonds. The largest absolute Gasteiger partial charge is 0.489 e. The fourth-order valence-electron chi connectivity index (χ4n) is 1.41. The van der Waals surface area contributed by atoms with Crippen molar-refractivity contribution < 1.29 is 9.13 Å². The van der Waals surface area contributed by atoms with Gasteiger partial charge in [-0.15, -0.1) is 0 Å². The molecule has 0 bridgehead atoms. The lowest BCUT2D eigenvalue weighted by Gasteiger charge is -2.07. The molecular formula is C14H12BrFO. The molecule has 0 atom stereocenters. The van der Waals surface area contributed by atoms with E-state index in [1.54, 1.807) is 19.1 Å². The Morgan fingerprint density at radius 2 is 1.82 bits per heavy atom. The van der Waals surface area contributed by atoms with Crippen LogP contribution in [-0.2, 0) is 6.61 Å². The van der Waals surface area contributed by atoms with E-state index in [1.165, 1.54) is 6.07 Å². The van der Waals surface area contributed by atoms with Gasteiger partial charge in [-0.2, -0.15) is 0 Å². The second-order valence-electron chi connectivity index (χ2n) is 3.83. The van der Waals surface area contributed by atoms with Crippen LogP contribution in [0.4, 0.5) is 4.39 Å². The van der Waals surface area contributed by atoms with Crippen LogP contribution in [0.2, 0.25) is 0 Å². The molecule has 0 N–H and O–H groups in total. The van der Waals surface area contributed by atoms with Crippen molar-refractivity contribution in [1.29, 1.82) is 0 Å². The number of hydrogen-bond acceptors (Lipinski definition) is 1. The average Bonchev–Trinajstić information content (AvgIpc) is 2.33. The minimum Gasteiger partial charge on any atom is -0.489 e. The van der Waals surface area contributed by atoms with Gasteiger partial charge in [0.25, 0.3) is 0 Å². The number of ether oxygens (including phenoxy) is 1. The molecule has 0 spiro atoms. The normalized spacial score (nSPS) is 10.3. The maximum Gasteiger partial charge on any atom is 0.129 e. The highest BCUT2D eigenvalue weighted by Crippen LogP contribution is 2.18. The summed E-state index contributed by atoms with van der Waals surface area (Å²) >= 11 is 3.37. The Morgan fingerprint density at radius 3 is 2.47 bits per heavy atom. The fourth-order valence-corrected chi connectivity index (χ4v) is 1.67. The van der Waals surface area contributed by atoms with Gasteiger partial charge in [-0.25, -0.2) is 4.39 Å². The molecule has 88 valence electrons. The first-order valence-electron chi connectivity index (χ1n) is 5.28. The van der Waals surface area contributed by atoms with Crippen LogP contribution in [0.25, 0.3) is 0 Å². The Labute approximate surface area is 108 Å². The van der Waals surface area contributed by atoms with E-state index >= 15 is 0 Å². The van der Waals surface area contributed by atoms with Crippen LogP contribution in [0, 0.1) is 12.7 Å². The van der Waals surface area contributed by atoms with Crippen molar-refractivity contribution in [3.63, 3.8) is 0 Å². The molecule has 0 saturated heterocycles. The third-order valence-electron chi connectivity index (χ3n) is 2.46. The first-order valence-corrected chi connectivity index (χ1v) is 6.08. The van der Waals surface area contributed by atoms with E-state index in [-0.39, 0.29) is 5.82 Å². The summed E-state index contributed by atoms with van der Waals surface area (Å²) in [4.78, 5) is 0. The molecule has 2 aromatic carbocycles. The molecule has 0 heterocycles. The van der Waals surface area contributed by atoms with E-state index < -0.39 is 0 Å². The van der Waals surface area contributed by atoms with Gasteiger partial charge in [0.05, 0.1) is 0 Å². The Bertz CT molecular complexity index is 508. The molecule has 17 heavy (non-hydrogen) atoms. The summed E-state index contributed by atoms with van der Waals surface area (Å²) in [6.45, 7) is 2.17. The molecule has 0 unspecified atom stereocenters. The molecule has 0 aliphatic heterocycles. The molecule has 0 saturated carbocycles. The summed E-state index contributed by atoms with van der Waals surface area (Å²) in [6, 6.07) is 12.7. The molecule has 2 rings (SSSR count). The molecule has 0 aliphatic rings. The lowest BCUT2D eigenvalue weighted by molar-refractivity contribution is 0.304. The highest BCUT2D eigenvalue weighted by atomic mass is 79.9. The molecular weight excluding hydrogens is 283 g/mol. The number of benzene rings is 2. The first kappa shape index (κ1) is 12.1. The number of rotatable bonds is 3. The van der Waals surface area contributed by atoms with E-state index in [2.05, 4.69) is 15.9 Å². The van der Waals surface area contributed by atoms with E-state index in [0.29, 0.717) is 17.9 Å². The summed E-state index contributed by atoms with van der Waals surface area (Å²) in [6.07, 6.45) is 0. The van der Waals surface area contributed by atoms with Crippen LogP contribution in [0.3, 0.4) is 0 Å². The van der Waals surface area contributed by atoms with Gasteiger partial charge in [-0.3, -0.25) is 0 Å². The van der Waals surface area contributed by atoms with Crippen LogP contribution in [0.5, 0.6) is 5.75 Å². The van der Waals surface area contributed by atoms with Crippen molar-refractivity contribution in [1.82, 2.24) is 0 Å². The maximum atomic E-state index is 13.3. The summed E-state index contributed by atoms with van der Waals surface area (Å²) < 4.78 is 19.8. The maximum absolute atomic E-state index is 13.3. The van der Waals surface area contributed by atoms with Gasteiger partial charge >= 0.3 is 0 Å². The molecule has 1 nitrogen and oxygen atoms in total. The molecule has 0 fully saturated rings. The SMILES string of the molecule is Cc1ccc(OCc2ccc(Br)cc2)cc1F. The Hall–Kier alpha value is -1.35. The molecule has 0 aromatic heterocycles. The van der Waals surface area contributed by atoms with Crippen LogP contribution >= 0.6 is 15.9 Å². The van der Waals surface area contributed by atoms with E-state index in [9.17, 15) is 4.39 Å². The van der Waals surface area contributed by atoms with Crippen LogP contribution in [0.1, 0.15) is 11.1 Å². The van der Waals surface area contributed by atoms with Gasteiger partial charge in [-0.05, 0) is 36.2 Å². The third-order valence-corrected chi connectivity index (χ3v) is 2.99. The summed E-state index contributed by atoms with van der Waals surface area (Å²) in [5, 5.41) is 0. The predicted molar refractivity (Wildman–Crippen MR) is 69.6 cm³/mol. The monoisotopic (exact) mass is 294 g/mol. The summed E-state index contributed by atoms with van der Waals surface area (Å²) in [5.41, 5.74) is 1.68. The standard InChI is InChI=1S/C14H12BrFO/c1-10-2-7-13(8-14(10)16)17-9-11-3-5-12(15)6-4-11/h2-8H,9H2,1H3. The van der Waals surface area contributed by atoms with Crippen LogP contribution < -0.4 is 4.74 Å². The van der Waals surface area contributed by atoms with Crippen molar-refractivity contribution >= 4 is 15.9 Å². The van der Waals surface area contributed by atoms with Gasteiger partial charge in [0, 0.05) is 10.5 Å². The molecule has 3 heteroatoms. The van der Waals surface area contributed by atoms with Crippen LogP contribution in [-0.4, -0.2) is 0 Å². The van der Waals surface area contributed by atoms with Crippen molar-refractivity contribution in [3.8, 4) is 5.75 Å². The van der Waals surface area contributed by atoms with Gasteiger partial charge < -0.3 is 4.74 Å². The second kappa shape index (κ2) is 5.32. The molecule has 0 radical (unpaired) electrons. The zero-order chi connectivity index (χ0) is 12.3. The predicted octanol–water partition coefficient (Wildman–Crippen LogP) is 4.48. The number of aryl methyl sites for hydroxylation is 1. The summed E-state index contributed by atoms with van der Waals surface area (Å²) in [7, 11) is 0.